The Balaban J connectivity index is 0.00000170. The number of rotatable bonds is 15. The van der Waals surface area contributed by atoms with Crippen LogP contribution in [0.5, 0.6) is 11.5 Å². The predicted molar refractivity (Wildman–Crippen MR) is 162 cm³/mol. The minimum atomic E-state index is -4.67. The third kappa shape index (κ3) is 18.0. The number of nitrogens with zero attached hydrogens (tertiary/aromatic N) is 6. The molecule has 2 N–H and O–H groups in total. The van der Waals surface area contributed by atoms with Crippen molar-refractivity contribution in [3.8, 4) is 11.5 Å². The van der Waals surface area contributed by atoms with Crippen molar-refractivity contribution in [2.45, 2.75) is 51.6 Å². The highest BCUT2D eigenvalue weighted by Gasteiger charge is 2.14. The quantitative estimate of drug-likeness (QED) is 0.217. The highest BCUT2D eigenvalue weighted by atomic mass is 32.3. The average molecular weight is 627 g/mol. The van der Waals surface area contributed by atoms with Gasteiger partial charge in [-0.1, -0.05) is 25.7 Å². The zero-order valence-corrected chi connectivity index (χ0v) is 26.8. The summed E-state index contributed by atoms with van der Waals surface area (Å²) in [6.07, 6.45) is 9.65. The van der Waals surface area contributed by atoms with Crippen molar-refractivity contribution in [3.63, 3.8) is 0 Å². The molecule has 2 heterocycles. The summed E-state index contributed by atoms with van der Waals surface area (Å²) in [7, 11) is 6.11. The fraction of sp³-hybridized carbons (Fsp3) is 0.571. The van der Waals surface area contributed by atoms with Crippen LogP contribution in [0.3, 0.4) is 0 Å². The van der Waals surface area contributed by atoms with E-state index in [2.05, 4.69) is 33.9 Å². The maximum absolute atomic E-state index is 11.9. The lowest BCUT2D eigenvalue weighted by atomic mass is 10.1. The number of pyridine rings is 2. The Kier molecular flexibility index (Phi) is 17.3. The molecule has 0 aromatic carbocycles. The van der Waals surface area contributed by atoms with Crippen molar-refractivity contribution in [2.75, 3.05) is 55.4 Å². The van der Waals surface area contributed by atoms with Gasteiger partial charge in [0.2, 0.25) is 0 Å². The Morgan fingerprint density at radius 1 is 0.674 bits per heavy atom. The molecule has 0 aliphatic heterocycles. The van der Waals surface area contributed by atoms with Crippen molar-refractivity contribution in [2.24, 2.45) is 0 Å². The lowest BCUT2D eigenvalue weighted by molar-refractivity contribution is 0.169. The molecule has 0 fully saturated rings. The first-order valence-corrected chi connectivity index (χ1v) is 15.3. The van der Waals surface area contributed by atoms with Gasteiger partial charge in [-0.3, -0.25) is 19.1 Å². The number of hydrogen-bond acceptors (Lipinski definition) is 10. The molecule has 2 rings (SSSR count). The molecule has 0 radical (unpaired) electrons. The van der Waals surface area contributed by atoms with Gasteiger partial charge in [-0.2, -0.15) is 8.42 Å². The van der Waals surface area contributed by atoms with E-state index in [9.17, 15) is 9.59 Å². The van der Waals surface area contributed by atoms with E-state index in [4.69, 9.17) is 27.0 Å². The number of hydrogen-bond donors (Lipinski definition) is 2. The summed E-state index contributed by atoms with van der Waals surface area (Å²) in [6.45, 7) is 3.20. The molecule has 2 aromatic heterocycles. The van der Waals surface area contributed by atoms with E-state index in [-0.39, 0.29) is 0 Å². The lowest BCUT2D eigenvalue weighted by Crippen LogP contribution is -2.26. The summed E-state index contributed by atoms with van der Waals surface area (Å²) >= 11 is 0. The van der Waals surface area contributed by atoms with Gasteiger partial charge in [0, 0.05) is 53.7 Å². The summed E-state index contributed by atoms with van der Waals surface area (Å²) in [5.74, 6) is 1.02. The van der Waals surface area contributed by atoms with E-state index in [1.807, 2.05) is 0 Å². The molecule has 0 aliphatic carbocycles. The Morgan fingerprint density at radius 3 is 1.33 bits per heavy atom. The Hall–Kier alpha value is -3.37. The minimum Gasteiger partial charge on any atom is -0.408 e. The van der Waals surface area contributed by atoms with Crippen LogP contribution in [0.4, 0.5) is 9.59 Å². The predicted octanol–water partition coefficient (Wildman–Crippen LogP) is 3.85. The summed E-state index contributed by atoms with van der Waals surface area (Å²) in [5.41, 5.74) is 1.53. The van der Waals surface area contributed by atoms with Crippen LogP contribution in [0.15, 0.2) is 36.7 Å². The smallest absolute Gasteiger partial charge is 0.408 e. The van der Waals surface area contributed by atoms with E-state index in [0.29, 0.717) is 24.6 Å². The van der Waals surface area contributed by atoms with Crippen LogP contribution in [0, 0.1) is 0 Å². The second-order valence-electron chi connectivity index (χ2n) is 10.5. The van der Waals surface area contributed by atoms with Gasteiger partial charge in [0.1, 0.15) is 0 Å². The van der Waals surface area contributed by atoms with Gasteiger partial charge >= 0.3 is 22.6 Å². The van der Waals surface area contributed by atoms with Gasteiger partial charge in [0.25, 0.3) is 0 Å². The van der Waals surface area contributed by atoms with Crippen LogP contribution >= 0.6 is 0 Å². The molecular weight excluding hydrogens is 580 g/mol. The second kappa shape index (κ2) is 19.7. The van der Waals surface area contributed by atoms with Crippen LogP contribution in [0.1, 0.15) is 49.9 Å². The third-order valence-electron chi connectivity index (χ3n) is 5.99. The normalized spacial score (nSPS) is 11.1. The summed E-state index contributed by atoms with van der Waals surface area (Å²) < 4.78 is 42.5. The van der Waals surface area contributed by atoms with Gasteiger partial charge < -0.3 is 29.1 Å². The Labute approximate surface area is 255 Å². The van der Waals surface area contributed by atoms with Crippen LogP contribution in [-0.2, 0) is 23.5 Å². The Bertz CT molecular complexity index is 1140. The van der Waals surface area contributed by atoms with Gasteiger partial charge in [0.15, 0.2) is 11.5 Å². The molecule has 0 aliphatic rings. The van der Waals surface area contributed by atoms with E-state index in [0.717, 1.165) is 37.3 Å². The van der Waals surface area contributed by atoms with Gasteiger partial charge in [0.05, 0.1) is 11.4 Å². The maximum Gasteiger partial charge on any atom is 0.414 e. The number of unbranched alkanes of at least 4 members (excludes halogenated alkanes) is 5. The standard InChI is InChI=1S/C28H44N6O4.H2O4S/c1-31(2)27(35)37-25-15-13-17-29-23(25)21-33(5)19-11-9-7-8-10-12-20-34(6)22-24-26(16-14-18-30-24)38-28(36)32(3)4;1-5(2,3)4/h13-18H,7-12,19-22H2,1-6H3;(H2,1,2,3,4). The van der Waals surface area contributed by atoms with E-state index in [1.54, 1.807) is 64.8 Å². The molecule has 242 valence electrons. The molecule has 0 unspecified atom stereocenters. The highest BCUT2D eigenvalue weighted by molar-refractivity contribution is 7.79. The van der Waals surface area contributed by atoms with Gasteiger partial charge in [-0.05, 0) is 64.3 Å². The molecule has 0 atom stereocenters. The van der Waals surface area contributed by atoms with Crippen molar-refractivity contribution in [1.29, 1.82) is 0 Å². The maximum atomic E-state index is 11.9. The van der Waals surface area contributed by atoms with Crippen molar-refractivity contribution in [3.05, 3.63) is 48.0 Å². The summed E-state index contributed by atoms with van der Waals surface area (Å²) in [4.78, 5) is 39.8. The molecule has 15 heteroatoms. The Morgan fingerprint density at radius 2 is 1.00 bits per heavy atom. The molecule has 0 spiro atoms. The monoisotopic (exact) mass is 626 g/mol. The fourth-order valence-electron chi connectivity index (χ4n) is 3.78. The molecule has 0 saturated heterocycles. The van der Waals surface area contributed by atoms with Crippen LogP contribution in [-0.4, -0.2) is 115 Å². The van der Waals surface area contributed by atoms with Crippen LogP contribution < -0.4 is 9.47 Å². The van der Waals surface area contributed by atoms with E-state index < -0.39 is 22.6 Å². The first kappa shape index (κ1) is 37.7. The van der Waals surface area contributed by atoms with E-state index >= 15 is 0 Å². The molecule has 0 bridgehead atoms. The summed E-state index contributed by atoms with van der Waals surface area (Å²) in [6, 6.07) is 7.12. The fourth-order valence-corrected chi connectivity index (χ4v) is 3.78. The number of carbonyl (C=O) groups excluding carboxylic acids is 2. The number of ether oxygens (including phenoxy) is 2. The largest absolute Gasteiger partial charge is 0.414 e. The first-order chi connectivity index (χ1) is 20.2. The minimum absolute atomic E-state index is 0.403. The zero-order chi connectivity index (χ0) is 32.4. The topological polar surface area (TPSA) is 166 Å². The third-order valence-corrected chi connectivity index (χ3v) is 5.99. The lowest BCUT2D eigenvalue weighted by Gasteiger charge is -2.19. The van der Waals surface area contributed by atoms with Crippen molar-refractivity contribution >= 4 is 22.6 Å². The summed E-state index contributed by atoms with van der Waals surface area (Å²) in [5, 5.41) is 0. The molecule has 43 heavy (non-hydrogen) atoms. The number of aromatic nitrogens is 2. The molecule has 2 aromatic rings. The molecule has 14 nitrogen and oxygen atoms in total. The number of amides is 2. The van der Waals surface area contributed by atoms with E-state index in [1.165, 1.54) is 35.5 Å². The SMILES string of the molecule is CN(CCCCCCCCN(C)Cc1ncccc1OC(=O)N(C)C)Cc1ncccc1OC(=O)N(C)C.O=S(=O)(O)O. The van der Waals surface area contributed by atoms with Crippen LogP contribution in [0.25, 0.3) is 0 Å². The average Bonchev–Trinajstić information content (AvgIpc) is 2.91. The van der Waals surface area contributed by atoms with Crippen molar-refractivity contribution < 1.29 is 36.6 Å². The van der Waals surface area contributed by atoms with Gasteiger partial charge in [-0.25, -0.2) is 9.59 Å². The van der Waals surface area contributed by atoms with Crippen molar-refractivity contribution in [1.82, 2.24) is 29.6 Å². The highest BCUT2D eigenvalue weighted by Crippen LogP contribution is 2.19. The number of carbonyl (C=O) groups is 2. The second-order valence-corrected chi connectivity index (χ2v) is 11.4. The van der Waals surface area contributed by atoms with Crippen LogP contribution in [0.2, 0.25) is 0 Å². The van der Waals surface area contributed by atoms with Gasteiger partial charge in [-0.15, -0.1) is 0 Å². The first-order valence-electron chi connectivity index (χ1n) is 13.9. The molecule has 0 saturated carbocycles. The molecular formula is C28H46N6O8S. The zero-order valence-electron chi connectivity index (χ0n) is 26.0. The molecule has 2 amide bonds.